The molecule has 4 rings (SSSR count). The fourth-order valence-electron chi connectivity index (χ4n) is 2.51. The first-order valence-corrected chi connectivity index (χ1v) is 8.61. The van der Waals surface area contributed by atoms with Crippen LogP contribution in [0.1, 0.15) is 11.5 Å². The van der Waals surface area contributed by atoms with Gasteiger partial charge in [0.2, 0.25) is 5.82 Å². The average molecular weight is 372 g/mol. The van der Waals surface area contributed by atoms with Gasteiger partial charge in [-0.25, -0.2) is 9.48 Å². The highest BCUT2D eigenvalue weighted by atomic mass is 16.6. The van der Waals surface area contributed by atoms with E-state index in [9.17, 15) is 4.79 Å². The Kier molecular flexibility index (Phi) is 5.06. The van der Waals surface area contributed by atoms with Crippen molar-refractivity contribution in [1.82, 2.24) is 19.9 Å². The first-order chi connectivity index (χ1) is 13.8. The van der Waals surface area contributed by atoms with Crippen LogP contribution in [0.25, 0.3) is 23.2 Å². The number of hydrogen-bond donors (Lipinski definition) is 0. The number of aromatic nitrogens is 4. The third kappa shape index (κ3) is 4.21. The molecule has 0 amide bonds. The lowest BCUT2D eigenvalue weighted by Crippen LogP contribution is -2.00. The van der Waals surface area contributed by atoms with E-state index in [-0.39, 0.29) is 12.5 Å². The summed E-state index contributed by atoms with van der Waals surface area (Å²) in [4.78, 5) is 16.1. The Labute approximate surface area is 160 Å². The standard InChI is InChI=1S/C21H16N4O3/c26-20(12-11-16-13-22-25(14-16)18-9-5-2-6-10-18)27-15-19-23-21(24-28-19)17-7-3-1-4-8-17/h1-14H,15H2/b12-11+. The fourth-order valence-corrected chi connectivity index (χ4v) is 2.51. The van der Waals surface area contributed by atoms with Crippen LogP contribution in [0.3, 0.4) is 0 Å². The van der Waals surface area contributed by atoms with Crippen molar-refractivity contribution in [3.63, 3.8) is 0 Å². The molecule has 0 aliphatic heterocycles. The Morgan fingerprint density at radius 1 is 1.07 bits per heavy atom. The Hall–Kier alpha value is -4.00. The van der Waals surface area contributed by atoms with Crippen molar-refractivity contribution < 1.29 is 14.1 Å². The first kappa shape index (κ1) is 17.4. The normalized spacial score (nSPS) is 11.0. The summed E-state index contributed by atoms with van der Waals surface area (Å²) in [5, 5.41) is 8.15. The molecule has 0 bridgehead atoms. The average Bonchev–Trinajstić information content (AvgIpc) is 3.42. The molecule has 0 fully saturated rings. The van der Waals surface area contributed by atoms with Crippen molar-refractivity contribution in [2.45, 2.75) is 6.61 Å². The maximum absolute atomic E-state index is 11.9. The zero-order valence-electron chi connectivity index (χ0n) is 14.8. The van der Waals surface area contributed by atoms with Crippen molar-refractivity contribution in [3.05, 3.63) is 90.6 Å². The second kappa shape index (κ2) is 8.13. The van der Waals surface area contributed by atoms with Crippen LogP contribution in [0.15, 0.2) is 83.7 Å². The molecule has 2 aromatic heterocycles. The highest BCUT2D eigenvalue weighted by Crippen LogP contribution is 2.15. The summed E-state index contributed by atoms with van der Waals surface area (Å²) in [5.41, 5.74) is 2.56. The molecule has 0 spiro atoms. The van der Waals surface area contributed by atoms with Crippen molar-refractivity contribution >= 4 is 12.0 Å². The zero-order chi connectivity index (χ0) is 19.2. The molecule has 138 valence electrons. The van der Waals surface area contributed by atoms with Gasteiger partial charge in [0.1, 0.15) is 0 Å². The molecule has 2 heterocycles. The van der Waals surface area contributed by atoms with Gasteiger partial charge in [0.05, 0.1) is 11.9 Å². The highest BCUT2D eigenvalue weighted by molar-refractivity contribution is 5.86. The topological polar surface area (TPSA) is 83.0 Å². The first-order valence-electron chi connectivity index (χ1n) is 8.61. The number of esters is 1. The Bertz CT molecular complexity index is 1090. The molecule has 0 aliphatic rings. The van der Waals surface area contributed by atoms with Crippen molar-refractivity contribution in [2.24, 2.45) is 0 Å². The van der Waals surface area contributed by atoms with Gasteiger partial charge in [-0.1, -0.05) is 53.7 Å². The Morgan fingerprint density at radius 2 is 1.82 bits per heavy atom. The van der Waals surface area contributed by atoms with Gasteiger partial charge in [-0.2, -0.15) is 10.1 Å². The van der Waals surface area contributed by atoms with E-state index in [1.807, 2.05) is 66.9 Å². The predicted molar refractivity (Wildman–Crippen MR) is 102 cm³/mol. The minimum Gasteiger partial charge on any atom is -0.452 e. The van der Waals surface area contributed by atoms with Gasteiger partial charge in [0.15, 0.2) is 6.61 Å². The number of rotatable bonds is 6. The van der Waals surface area contributed by atoms with E-state index in [0.29, 0.717) is 5.82 Å². The zero-order valence-corrected chi connectivity index (χ0v) is 14.8. The smallest absolute Gasteiger partial charge is 0.331 e. The molecule has 0 N–H and O–H groups in total. The van der Waals surface area contributed by atoms with E-state index in [0.717, 1.165) is 16.8 Å². The van der Waals surface area contributed by atoms with Gasteiger partial charge in [-0.3, -0.25) is 0 Å². The maximum atomic E-state index is 11.9. The van der Waals surface area contributed by atoms with E-state index in [1.54, 1.807) is 17.0 Å². The predicted octanol–water partition coefficient (Wildman–Crippen LogP) is 3.68. The SMILES string of the molecule is O=C(/C=C/c1cnn(-c2ccccc2)c1)OCc1nc(-c2ccccc2)no1. The van der Waals surface area contributed by atoms with Gasteiger partial charge in [-0.15, -0.1) is 0 Å². The maximum Gasteiger partial charge on any atom is 0.331 e. The van der Waals surface area contributed by atoms with Crippen molar-refractivity contribution in [2.75, 3.05) is 0 Å². The number of para-hydroxylation sites is 1. The van der Waals surface area contributed by atoms with Crippen LogP contribution in [0.4, 0.5) is 0 Å². The molecule has 4 aromatic rings. The van der Waals surface area contributed by atoms with Crippen LogP contribution >= 0.6 is 0 Å². The molecule has 0 atom stereocenters. The third-order valence-electron chi connectivity index (χ3n) is 3.87. The summed E-state index contributed by atoms with van der Waals surface area (Å²) in [7, 11) is 0. The lowest BCUT2D eigenvalue weighted by Gasteiger charge is -1.98. The van der Waals surface area contributed by atoms with Gasteiger partial charge in [-0.05, 0) is 18.2 Å². The monoisotopic (exact) mass is 372 g/mol. The highest BCUT2D eigenvalue weighted by Gasteiger charge is 2.09. The molecule has 0 radical (unpaired) electrons. The summed E-state index contributed by atoms with van der Waals surface area (Å²) in [6.45, 7) is -0.0910. The van der Waals surface area contributed by atoms with E-state index in [1.165, 1.54) is 6.08 Å². The van der Waals surface area contributed by atoms with E-state index in [4.69, 9.17) is 9.26 Å². The number of carbonyl (C=O) groups is 1. The third-order valence-corrected chi connectivity index (χ3v) is 3.87. The minimum absolute atomic E-state index is 0.0910. The molecular formula is C21H16N4O3. The largest absolute Gasteiger partial charge is 0.452 e. The van der Waals surface area contributed by atoms with Crippen LogP contribution < -0.4 is 0 Å². The number of carbonyl (C=O) groups excluding carboxylic acids is 1. The number of nitrogens with zero attached hydrogens (tertiary/aromatic N) is 4. The van der Waals surface area contributed by atoms with Crippen LogP contribution in [0.2, 0.25) is 0 Å². The van der Waals surface area contributed by atoms with E-state index in [2.05, 4.69) is 15.2 Å². The summed E-state index contributed by atoms with van der Waals surface area (Å²) in [6, 6.07) is 19.1. The molecular weight excluding hydrogens is 356 g/mol. The molecule has 28 heavy (non-hydrogen) atoms. The van der Waals surface area contributed by atoms with Gasteiger partial charge < -0.3 is 9.26 Å². The molecule has 0 unspecified atom stereocenters. The van der Waals surface area contributed by atoms with Crippen molar-refractivity contribution in [1.29, 1.82) is 0 Å². The second-order valence-corrected chi connectivity index (χ2v) is 5.87. The second-order valence-electron chi connectivity index (χ2n) is 5.87. The molecule has 7 nitrogen and oxygen atoms in total. The summed E-state index contributed by atoms with van der Waals surface area (Å²) < 4.78 is 12.0. The number of hydrogen-bond acceptors (Lipinski definition) is 6. The minimum atomic E-state index is -0.507. The lowest BCUT2D eigenvalue weighted by atomic mass is 10.2. The Balaban J connectivity index is 1.33. The van der Waals surface area contributed by atoms with Gasteiger partial charge in [0.25, 0.3) is 5.89 Å². The summed E-state index contributed by atoms with van der Waals surface area (Å²) in [5.74, 6) is 0.180. The van der Waals surface area contributed by atoms with Gasteiger partial charge in [0, 0.05) is 23.4 Å². The van der Waals surface area contributed by atoms with Crippen LogP contribution in [0.5, 0.6) is 0 Å². The van der Waals surface area contributed by atoms with Crippen LogP contribution in [0, 0.1) is 0 Å². The quantitative estimate of drug-likeness (QED) is 0.379. The summed E-state index contributed by atoms with van der Waals surface area (Å²) >= 11 is 0. The molecule has 2 aromatic carbocycles. The molecule has 0 saturated heterocycles. The van der Waals surface area contributed by atoms with Crippen LogP contribution in [-0.2, 0) is 16.1 Å². The Morgan fingerprint density at radius 3 is 2.61 bits per heavy atom. The lowest BCUT2D eigenvalue weighted by molar-refractivity contribution is -0.139. The van der Waals surface area contributed by atoms with Gasteiger partial charge >= 0.3 is 5.97 Å². The van der Waals surface area contributed by atoms with E-state index >= 15 is 0 Å². The number of benzene rings is 2. The fraction of sp³-hybridized carbons (Fsp3) is 0.0476. The molecule has 7 heteroatoms. The van der Waals surface area contributed by atoms with Crippen molar-refractivity contribution in [3.8, 4) is 17.1 Å². The molecule has 0 saturated carbocycles. The van der Waals surface area contributed by atoms with Crippen LogP contribution in [-0.4, -0.2) is 25.9 Å². The summed E-state index contributed by atoms with van der Waals surface area (Å²) in [6.07, 6.45) is 6.46. The molecule has 0 aliphatic carbocycles. The van der Waals surface area contributed by atoms with E-state index < -0.39 is 5.97 Å². The number of ether oxygens (including phenoxy) is 1.